The smallest absolute Gasteiger partial charge is 0.160 e. The minimum Gasteiger partial charge on any atom is -0.298 e. The molecular formula is C13H19ClN2O3S. The summed E-state index contributed by atoms with van der Waals surface area (Å²) in [5.74, 6) is -0.153. The van der Waals surface area contributed by atoms with E-state index in [9.17, 15) is 13.2 Å². The Bertz CT molecular complexity index is 622. The van der Waals surface area contributed by atoms with Crippen LogP contribution in [-0.4, -0.2) is 35.0 Å². The third kappa shape index (κ3) is 2.91. The maximum absolute atomic E-state index is 12.3. The van der Waals surface area contributed by atoms with Gasteiger partial charge in [-0.1, -0.05) is 24.9 Å². The van der Waals surface area contributed by atoms with Gasteiger partial charge in [-0.2, -0.15) is 5.10 Å². The molecule has 0 radical (unpaired) electrons. The lowest BCUT2D eigenvalue weighted by Gasteiger charge is -2.21. The maximum atomic E-state index is 12.3. The van der Waals surface area contributed by atoms with Crippen molar-refractivity contribution in [2.75, 3.05) is 5.75 Å². The van der Waals surface area contributed by atoms with Crippen LogP contribution in [0.2, 0.25) is 5.02 Å². The van der Waals surface area contributed by atoms with Gasteiger partial charge in [0.25, 0.3) is 0 Å². The highest BCUT2D eigenvalue weighted by molar-refractivity contribution is 7.92. The van der Waals surface area contributed by atoms with Crippen LogP contribution in [0.1, 0.15) is 37.6 Å². The van der Waals surface area contributed by atoms with Crippen molar-refractivity contribution in [1.82, 2.24) is 9.78 Å². The number of aryl methyl sites for hydroxylation is 2. The van der Waals surface area contributed by atoms with Crippen LogP contribution in [0.5, 0.6) is 0 Å². The summed E-state index contributed by atoms with van der Waals surface area (Å²) in [4.78, 5) is 12.3. The molecule has 1 unspecified atom stereocenters. The van der Waals surface area contributed by atoms with E-state index in [2.05, 4.69) is 5.10 Å². The molecule has 7 heteroatoms. The first-order valence-electron chi connectivity index (χ1n) is 6.81. The fourth-order valence-corrected chi connectivity index (χ4v) is 4.87. The highest BCUT2D eigenvalue weighted by Gasteiger charge is 2.35. The average molecular weight is 319 g/mol. The number of carbonyl (C=O) groups is 1. The summed E-state index contributed by atoms with van der Waals surface area (Å²) in [7, 11) is -1.56. The summed E-state index contributed by atoms with van der Waals surface area (Å²) in [6.45, 7) is 1.94. The highest BCUT2D eigenvalue weighted by Crippen LogP contribution is 2.25. The molecule has 1 aromatic heterocycles. The van der Waals surface area contributed by atoms with Gasteiger partial charge in [-0.3, -0.25) is 9.48 Å². The van der Waals surface area contributed by atoms with E-state index in [4.69, 9.17) is 11.6 Å². The topological polar surface area (TPSA) is 69.0 Å². The summed E-state index contributed by atoms with van der Waals surface area (Å²) >= 11 is 6.20. The Hall–Kier alpha value is -0.880. The number of ketones is 1. The Labute approximate surface area is 124 Å². The highest BCUT2D eigenvalue weighted by atomic mass is 35.5. The Morgan fingerprint density at radius 3 is 2.70 bits per heavy atom. The normalized spacial score (nSPS) is 21.9. The first-order chi connectivity index (χ1) is 9.36. The van der Waals surface area contributed by atoms with E-state index in [1.165, 1.54) is 0 Å². The fraction of sp³-hybridized carbons (Fsp3) is 0.692. The number of nitrogens with zero attached hydrogens (tertiary/aromatic N) is 2. The third-order valence-electron chi connectivity index (χ3n) is 3.78. The van der Waals surface area contributed by atoms with Crippen LogP contribution in [0.3, 0.4) is 0 Å². The van der Waals surface area contributed by atoms with Crippen LogP contribution >= 0.6 is 11.6 Å². The number of sulfone groups is 1. The lowest BCUT2D eigenvalue weighted by atomic mass is 10.1. The van der Waals surface area contributed by atoms with Crippen LogP contribution in [0, 0.1) is 0 Å². The van der Waals surface area contributed by atoms with Gasteiger partial charge in [-0.05, 0) is 19.3 Å². The van der Waals surface area contributed by atoms with Crippen LogP contribution in [0.15, 0.2) is 0 Å². The van der Waals surface area contributed by atoms with Crippen molar-refractivity contribution in [3.8, 4) is 0 Å². The molecule has 2 rings (SSSR count). The zero-order valence-electron chi connectivity index (χ0n) is 11.7. The molecule has 0 spiro atoms. The van der Waals surface area contributed by atoms with Gasteiger partial charge in [0.1, 0.15) is 5.25 Å². The Morgan fingerprint density at radius 1 is 1.45 bits per heavy atom. The summed E-state index contributed by atoms with van der Waals surface area (Å²) in [6, 6.07) is 0. The van der Waals surface area contributed by atoms with Gasteiger partial charge in [-0.25, -0.2) is 8.42 Å². The molecule has 5 nitrogen and oxygen atoms in total. The molecule has 1 saturated heterocycles. The second-order valence-corrected chi connectivity index (χ2v) is 7.86. The standard InChI is InChI=1S/C13H19ClN2O3S/c1-3-9-13(14)10(16(2)15-9)8-11(17)12-6-4-5-7-20(12,18)19/h12H,3-8H2,1-2H3. The molecule has 0 aliphatic carbocycles. The predicted octanol–water partition coefficient (Wildman–Crippen LogP) is 1.71. The molecule has 0 N–H and O–H groups in total. The van der Waals surface area contributed by atoms with E-state index in [1.807, 2.05) is 6.92 Å². The van der Waals surface area contributed by atoms with E-state index < -0.39 is 15.1 Å². The van der Waals surface area contributed by atoms with Gasteiger partial charge in [0.05, 0.1) is 28.6 Å². The molecule has 2 heterocycles. The molecule has 0 saturated carbocycles. The second-order valence-electron chi connectivity index (χ2n) is 5.18. The Balaban J connectivity index is 2.22. The summed E-state index contributed by atoms with van der Waals surface area (Å²) < 4.78 is 25.5. The number of Topliss-reactive ketones (excluding diaryl/α,β-unsaturated/α-hetero) is 1. The molecule has 20 heavy (non-hydrogen) atoms. The molecule has 1 fully saturated rings. The largest absolute Gasteiger partial charge is 0.298 e. The van der Waals surface area contributed by atoms with Crippen molar-refractivity contribution in [3.05, 3.63) is 16.4 Å². The van der Waals surface area contributed by atoms with Gasteiger partial charge in [0.2, 0.25) is 0 Å². The average Bonchev–Trinajstić information content (AvgIpc) is 2.65. The monoisotopic (exact) mass is 318 g/mol. The number of rotatable bonds is 4. The Morgan fingerprint density at radius 2 is 2.15 bits per heavy atom. The predicted molar refractivity (Wildman–Crippen MR) is 77.7 cm³/mol. The summed E-state index contributed by atoms with van der Waals surface area (Å²) in [6.07, 6.45) is 2.58. The molecule has 112 valence electrons. The van der Waals surface area contributed by atoms with E-state index in [0.717, 1.165) is 12.1 Å². The van der Waals surface area contributed by atoms with Crippen molar-refractivity contribution < 1.29 is 13.2 Å². The van der Waals surface area contributed by atoms with Crippen LogP contribution in [0.4, 0.5) is 0 Å². The molecule has 1 aromatic rings. The molecule has 0 bridgehead atoms. The van der Waals surface area contributed by atoms with Gasteiger partial charge in [0, 0.05) is 7.05 Å². The van der Waals surface area contributed by atoms with E-state index >= 15 is 0 Å². The number of halogens is 1. The SMILES string of the molecule is CCc1nn(C)c(CC(=O)C2CCCCS2(=O)=O)c1Cl. The molecule has 0 amide bonds. The van der Waals surface area contributed by atoms with Crippen molar-refractivity contribution in [3.63, 3.8) is 0 Å². The van der Waals surface area contributed by atoms with Gasteiger partial charge < -0.3 is 0 Å². The first-order valence-corrected chi connectivity index (χ1v) is 8.90. The molecule has 1 aliphatic rings. The quantitative estimate of drug-likeness (QED) is 0.847. The zero-order valence-corrected chi connectivity index (χ0v) is 13.3. The zero-order chi connectivity index (χ0) is 14.9. The third-order valence-corrected chi connectivity index (χ3v) is 6.44. The molecular weight excluding hydrogens is 300 g/mol. The molecule has 1 atom stereocenters. The van der Waals surface area contributed by atoms with Crippen LogP contribution < -0.4 is 0 Å². The van der Waals surface area contributed by atoms with Gasteiger partial charge in [0.15, 0.2) is 15.6 Å². The van der Waals surface area contributed by atoms with E-state index in [0.29, 0.717) is 30.0 Å². The minimum absolute atomic E-state index is 0.0340. The maximum Gasteiger partial charge on any atom is 0.160 e. The van der Waals surface area contributed by atoms with Crippen molar-refractivity contribution >= 4 is 27.2 Å². The van der Waals surface area contributed by atoms with Crippen LogP contribution in [0.25, 0.3) is 0 Å². The lowest BCUT2D eigenvalue weighted by molar-refractivity contribution is -0.118. The van der Waals surface area contributed by atoms with Crippen molar-refractivity contribution in [2.24, 2.45) is 7.05 Å². The van der Waals surface area contributed by atoms with Crippen LogP contribution in [-0.2, 0) is 34.5 Å². The molecule has 1 aliphatic heterocycles. The van der Waals surface area contributed by atoms with Gasteiger partial charge in [-0.15, -0.1) is 0 Å². The minimum atomic E-state index is -3.29. The number of hydrogen-bond donors (Lipinski definition) is 0. The van der Waals surface area contributed by atoms with Crippen molar-refractivity contribution in [1.29, 1.82) is 0 Å². The second kappa shape index (κ2) is 5.85. The van der Waals surface area contributed by atoms with E-state index in [-0.39, 0.29) is 18.0 Å². The van der Waals surface area contributed by atoms with Crippen molar-refractivity contribution in [2.45, 2.75) is 44.3 Å². The first kappa shape index (κ1) is 15.5. The lowest BCUT2D eigenvalue weighted by Crippen LogP contribution is -2.36. The summed E-state index contributed by atoms with van der Waals surface area (Å²) in [5.41, 5.74) is 1.35. The molecule has 0 aromatic carbocycles. The Kier molecular flexibility index (Phi) is 4.54. The summed E-state index contributed by atoms with van der Waals surface area (Å²) in [5, 5.41) is 3.86. The van der Waals surface area contributed by atoms with E-state index in [1.54, 1.807) is 11.7 Å². The van der Waals surface area contributed by atoms with Gasteiger partial charge >= 0.3 is 0 Å². The number of aromatic nitrogens is 2. The number of hydrogen-bond acceptors (Lipinski definition) is 4. The fourth-order valence-electron chi connectivity index (χ4n) is 2.61. The number of carbonyl (C=O) groups excluding carboxylic acids is 1.